The normalized spacial score (nSPS) is 36.3. The molecular weight excluding hydrogens is 238 g/mol. The lowest BCUT2D eigenvalue weighted by Crippen LogP contribution is -2.29. The van der Waals surface area contributed by atoms with E-state index in [9.17, 15) is 5.11 Å². The summed E-state index contributed by atoms with van der Waals surface area (Å²) in [6, 6.07) is 0. The van der Waals surface area contributed by atoms with Crippen molar-refractivity contribution in [3.05, 3.63) is 10.6 Å². The van der Waals surface area contributed by atoms with Crippen LogP contribution in [0.25, 0.3) is 0 Å². The Kier molecular flexibility index (Phi) is 4.10. The number of hydrogen-bond acceptors (Lipinski definition) is 3. The summed E-state index contributed by atoms with van der Waals surface area (Å²) < 4.78 is 4.20. The van der Waals surface area contributed by atoms with E-state index in [-0.39, 0.29) is 11.4 Å². The molecular formula is C8H14BrNOS. The van der Waals surface area contributed by atoms with E-state index in [2.05, 4.69) is 33.7 Å². The van der Waals surface area contributed by atoms with Crippen LogP contribution in [0.1, 0.15) is 13.3 Å². The zero-order valence-electron chi connectivity index (χ0n) is 7.25. The molecule has 12 heavy (non-hydrogen) atoms. The maximum atomic E-state index is 9.66. The van der Waals surface area contributed by atoms with Gasteiger partial charge >= 0.3 is 0 Å². The number of aliphatic hydroxyl groups excluding tert-OH is 1. The minimum Gasteiger partial charge on any atom is -0.392 e. The largest absolute Gasteiger partial charge is 0.392 e. The third-order valence-corrected chi connectivity index (χ3v) is 4.03. The summed E-state index contributed by atoms with van der Waals surface area (Å²) in [7, 11) is 1.87. The van der Waals surface area contributed by atoms with Crippen LogP contribution in [0.4, 0.5) is 0 Å². The number of nitrogens with one attached hydrogen (secondary N) is 1. The molecule has 70 valence electrons. The Labute approximate surface area is 86.1 Å². The van der Waals surface area contributed by atoms with Gasteiger partial charge in [0, 0.05) is 0 Å². The van der Waals surface area contributed by atoms with Gasteiger partial charge in [-0.1, -0.05) is 40.9 Å². The second-order valence-electron chi connectivity index (χ2n) is 3.04. The molecule has 2 unspecified atom stereocenters. The predicted octanol–water partition coefficient (Wildman–Crippen LogP) is 1.90. The second kappa shape index (κ2) is 4.65. The highest BCUT2D eigenvalue weighted by Crippen LogP contribution is 2.32. The molecule has 1 aliphatic carbocycles. The van der Waals surface area contributed by atoms with E-state index in [1.165, 1.54) is 4.48 Å². The standard InChI is InChI=1S/C8H14BrNOS/c1-5-3-7(11)8(12-10-2)4-6(5)9/h4-5,7-8,10-11H,3H2,1-2H3/t5-,7?,8?/m1/s1. The topological polar surface area (TPSA) is 32.3 Å². The molecule has 0 saturated carbocycles. The van der Waals surface area contributed by atoms with E-state index in [1.807, 2.05) is 7.05 Å². The van der Waals surface area contributed by atoms with Gasteiger partial charge in [-0.05, 0) is 23.9 Å². The minimum absolute atomic E-state index is 0.181. The maximum absolute atomic E-state index is 9.66. The molecule has 1 rings (SSSR count). The van der Waals surface area contributed by atoms with Gasteiger partial charge in [0.2, 0.25) is 0 Å². The van der Waals surface area contributed by atoms with Crippen LogP contribution in [0.3, 0.4) is 0 Å². The highest BCUT2D eigenvalue weighted by molar-refractivity contribution is 9.11. The lowest BCUT2D eigenvalue weighted by atomic mass is 9.95. The third kappa shape index (κ3) is 2.49. The van der Waals surface area contributed by atoms with Gasteiger partial charge in [0.05, 0.1) is 11.4 Å². The summed E-state index contributed by atoms with van der Waals surface area (Å²) in [5.41, 5.74) is 0. The average Bonchev–Trinajstić information content (AvgIpc) is 2.01. The fourth-order valence-corrected chi connectivity index (χ4v) is 2.69. The highest BCUT2D eigenvalue weighted by atomic mass is 79.9. The van der Waals surface area contributed by atoms with Gasteiger partial charge in [0.1, 0.15) is 0 Å². The number of halogens is 1. The Balaban J connectivity index is 2.62. The van der Waals surface area contributed by atoms with E-state index in [1.54, 1.807) is 11.9 Å². The van der Waals surface area contributed by atoms with E-state index in [4.69, 9.17) is 0 Å². The predicted molar refractivity (Wildman–Crippen MR) is 57.2 cm³/mol. The molecule has 0 aromatic rings. The van der Waals surface area contributed by atoms with Crippen LogP contribution in [0.2, 0.25) is 0 Å². The van der Waals surface area contributed by atoms with Crippen molar-refractivity contribution in [2.24, 2.45) is 5.92 Å². The summed E-state index contributed by atoms with van der Waals surface area (Å²) in [6.45, 7) is 2.12. The maximum Gasteiger partial charge on any atom is 0.0712 e. The minimum atomic E-state index is -0.223. The molecule has 2 N–H and O–H groups in total. The highest BCUT2D eigenvalue weighted by Gasteiger charge is 2.26. The molecule has 0 aromatic heterocycles. The van der Waals surface area contributed by atoms with Crippen LogP contribution >= 0.6 is 27.9 Å². The zero-order valence-corrected chi connectivity index (χ0v) is 9.65. The Morgan fingerprint density at radius 3 is 3.00 bits per heavy atom. The van der Waals surface area contributed by atoms with Gasteiger partial charge in [0.25, 0.3) is 0 Å². The van der Waals surface area contributed by atoms with Crippen molar-refractivity contribution in [2.45, 2.75) is 24.7 Å². The molecule has 0 radical (unpaired) electrons. The van der Waals surface area contributed by atoms with Gasteiger partial charge in [-0.15, -0.1) is 0 Å². The SMILES string of the molecule is CNSC1C=C(Br)[C@H](C)CC1O. The van der Waals surface area contributed by atoms with Gasteiger partial charge in [-0.25, -0.2) is 0 Å². The Morgan fingerprint density at radius 2 is 2.42 bits per heavy atom. The van der Waals surface area contributed by atoms with Crippen LogP contribution < -0.4 is 4.72 Å². The summed E-state index contributed by atoms with van der Waals surface area (Å²) in [6.07, 6.45) is 2.70. The molecule has 4 heteroatoms. The first-order valence-corrected chi connectivity index (χ1v) is 5.70. The van der Waals surface area contributed by atoms with Gasteiger partial charge in [-0.2, -0.15) is 0 Å². The number of aliphatic hydroxyl groups is 1. The number of allylic oxidation sites excluding steroid dienone is 1. The monoisotopic (exact) mass is 251 g/mol. The first kappa shape index (κ1) is 10.6. The second-order valence-corrected chi connectivity index (χ2v) is 5.15. The quantitative estimate of drug-likeness (QED) is 0.736. The number of rotatable bonds is 2. The van der Waals surface area contributed by atoms with Gasteiger partial charge < -0.3 is 5.11 Å². The molecule has 0 spiro atoms. The summed E-state index contributed by atoms with van der Waals surface area (Å²) in [4.78, 5) is 0. The van der Waals surface area contributed by atoms with Gasteiger partial charge in [-0.3, -0.25) is 4.72 Å². The van der Waals surface area contributed by atoms with Crippen molar-refractivity contribution in [1.29, 1.82) is 0 Å². The molecule has 0 bridgehead atoms. The molecule has 3 atom stereocenters. The fourth-order valence-electron chi connectivity index (χ4n) is 1.29. The van der Waals surface area contributed by atoms with Crippen molar-refractivity contribution in [1.82, 2.24) is 4.72 Å². The van der Waals surface area contributed by atoms with Crippen LogP contribution in [0, 0.1) is 5.92 Å². The fraction of sp³-hybridized carbons (Fsp3) is 0.750. The van der Waals surface area contributed by atoms with E-state index in [0.717, 1.165) is 6.42 Å². The van der Waals surface area contributed by atoms with Crippen molar-refractivity contribution in [3.8, 4) is 0 Å². The molecule has 0 heterocycles. The molecule has 0 aromatic carbocycles. The van der Waals surface area contributed by atoms with Crippen molar-refractivity contribution < 1.29 is 5.11 Å². The Hall–Kier alpha value is 0.490. The Bertz CT molecular complexity index is 186. The van der Waals surface area contributed by atoms with Crippen LogP contribution in [0.15, 0.2) is 10.6 Å². The molecule has 0 saturated heterocycles. The molecule has 2 nitrogen and oxygen atoms in total. The summed E-state index contributed by atoms with van der Waals surface area (Å²) in [5, 5.41) is 9.84. The van der Waals surface area contributed by atoms with Crippen molar-refractivity contribution >= 4 is 27.9 Å². The number of hydrogen-bond donors (Lipinski definition) is 2. The molecule has 0 amide bonds. The molecule has 1 aliphatic rings. The summed E-state index contributed by atoms with van der Waals surface area (Å²) >= 11 is 5.06. The van der Waals surface area contributed by atoms with E-state index < -0.39 is 0 Å². The van der Waals surface area contributed by atoms with Crippen molar-refractivity contribution in [2.75, 3.05) is 7.05 Å². The van der Waals surface area contributed by atoms with Crippen LogP contribution in [-0.4, -0.2) is 23.5 Å². The summed E-state index contributed by atoms with van der Waals surface area (Å²) in [5.74, 6) is 0.453. The zero-order chi connectivity index (χ0) is 9.14. The van der Waals surface area contributed by atoms with Crippen LogP contribution in [-0.2, 0) is 0 Å². The lowest BCUT2D eigenvalue weighted by molar-refractivity contribution is 0.154. The van der Waals surface area contributed by atoms with Crippen LogP contribution in [0.5, 0.6) is 0 Å². The Morgan fingerprint density at radius 1 is 1.75 bits per heavy atom. The molecule has 0 fully saturated rings. The first-order valence-electron chi connectivity index (χ1n) is 4.02. The van der Waals surface area contributed by atoms with E-state index in [0.29, 0.717) is 5.92 Å². The van der Waals surface area contributed by atoms with Crippen molar-refractivity contribution in [3.63, 3.8) is 0 Å². The van der Waals surface area contributed by atoms with E-state index >= 15 is 0 Å². The molecule has 0 aliphatic heterocycles. The smallest absolute Gasteiger partial charge is 0.0712 e. The van der Waals surface area contributed by atoms with Gasteiger partial charge in [0.15, 0.2) is 0 Å². The average molecular weight is 252 g/mol. The first-order chi connectivity index (χ1) is 5.65. The lowest BCUT2D eigenvalue weighted by Gasteiger charge is -2.27. The third-order valence-electron chi connectivity index (χ3n) is 2.02.